The molecule has 112 valence electrons. The van der Waals surface area contributed by atoms with Gasteiger partial charge in [-0.15, -0.1) is 0 Å². The zero-order chi connectivity index (χ0) is 15.7. The Kier molecular flexibility index (Phi) is 3.59. The first kappa shape index (κ1) is 14.2. The molecular formula is C18H17NO3. The first-order valence-corrected chi connectivity index (χ1v) is 7.07. The molecule has 0 saturated heterocycles. The van der Waals surface area contributed by atoms with E-state index in [1.54, 1.807) is 13.2 Å². The summed E-state index contributed by atoms with van der Waals surface area (Å²) in [5.41, 5.74) is 3.81. The van der Waals surface area contributed by atoms with E-state index in [0.29, 0.717) is 23.3 Å². The van der Waals surface area contributed by atoms with Crippen LogP contribution in [0.1, 0.15) is 27.2 Å². The van der Waals surface area contributed by atoms with Crippen LogP contribution in [0.5, 0.6) is 5.75 Å². The Morgan fingerprint density at radius 1 is 1.18 bits per heavy atom. The van der Waals surface area contributed by atoms with Crippen molar-refractivity contribution in [1.82, 2.24) is 4.40 Å². The summed E-state index contributed by atoms with van der Waals surface area (Å²) in [7, 11) is 1.56. The number of benzene rings is 1. The number of nitrogens with zero attached hydrogens (tertiary/aromatic N) is 1. The van der Waals surface area contributed by atoms with Crippen molar-refractivity contribution in [3.8, 4) is 5.75 Å². The summed E-state index contributed by atoms with van der Waals surface area (Å²) in [5.74, 6) is -0.360. The molecule has 1 aromatic carbocycles. The van der Waals surface area contributed by atoms with E-state index in [4.69, 9.17) is 4.74 Å². The van der Waals surface area contributed by atoms with Crippen molar-refractivity contribution < 1.29 is 14.6 Å². The molecule has 0 radical (unpaired) electrons. The van der Waals surface area contributed by atoms with Gasteiger partial charge in [0.25, 0.3) is 0 Å². The van der Waals surface area contributed by atoms with Crippen molar-refractivity contribution in [2.45, 2.75) is 13.3 Å². The minimum absolute atomic E-state index is 0.309. The van der Waals surface area contributed by atoms with Gasteiger partial charge in [0.2, 0.25) is 0 Å². The number of carboxylic acid groups (broad SMARTS) is 1. The third-order valence-electron chi connectivity index (χ3n) is 3.94. The molecule has 0 atom stereocenters. The van der Waals surface area contributed by atoms with E-state index >= 15 is 0 Å². The van der Waals surface area contributed by atoms with Crippen LogP contribution in [0.25, 0.3) is 5.52 Å². The molecule has 0 aliphatic heterocycles. The van der Waals surface area contributed by atoms with Crippen LogP contribution in [0, 0.1) is 6.92 Å². The zero-order valence-electron chi connectivity index (χ0n) is 12.5. The first-order chi connectivity index (χ1) is 10.6. The van der Waals surface area contributed by atoms with Crippen molar-refractivity contribution in [2.75, 3.05) is 7.11 Å². The standard InChI is InChI=1S/C18H17NO3/c1-12-14(11-13-7-4-3-5-8-13)19-10-6-9-15(22-2)17(19)16(12)18(20)21/h3-10H,11H2,1-2H3,(H,20,21). The van der Waals surface area contributed by atoms with Gasteiger partial charge in [0.1, 0.15) is 11.3 Å². The van der Waals surface area contributed by atoms with Crippen LogP contribution in [-0.4, -0.2) is 22.6 Å². The lowest BCUT2D eigenvalue weighted by Crippen LogP contribution is -1.99. The van der Waals surface area contributed by atoms with E-state index in [1.807, 2.05) is 53.9 Å². The van der Waals surface area contributed by atoms with E-state index in [-0.39, 0.29) is 0 Å². The summed E-state index contributed by atoms with van der Waals surface area (Å²) in [4.78, 5) is 11.7. The highest BCUT2D eigenvalue weighted by Gasteiger charge is 2.22. The second-order valence-electron chi connectivity index (χ2n) is 5.21. The number of carbonyl (C=O) groups is 1. The van der Waals surface area contributed by atoms with Crippen LogP contribution in [0.4, 0.5) is 0 Å². The molecule has 0 amide bonds. The molecule has 0 aliphatic carbocycles. The second kappa shape index (κ2) is 5.56. The maximum atomic E-state index is 11.7. The quantitative estimate of drug-likeness (QED) is 0.801. The SMILES string of the molecule is COc1cccn2c(Cc3ccccc3)c(C)c(C(=O)O)c12. The fourth-order valence-electron chi connectivity index (χ4n) is 2.89. The Balaban J connectivity index is 2.27. The second-order valence-corrected chi connectivity index (χ2v) is 5.21. The average molecular weight is 295 g/mol. The first-order valence-electron chi connectivity index (χ1n) is 7.07. The maximum Gasteiger partial charge on any atom is 0.338 e. The summed E-state index contributed by atoms with van der Waals surface area (Å²) in [6, 6.07) is 13.7. The van der Waals surface area contributed by atoms with Gasteiger partial charge >= 0.3 is 5.97 Å². The molecule has 0 bridgehead atoms. The Hall–Kier alpha value is -2.75. The maximum absolute atomic E-state index is 11.7. The highest BCUT2D eigenvalue weighted by Crippen LogP contribution is 2.31. The number of aromatic nitrogens is 1. The van der Waals surface area contributed by atoms with Crippen LogP contribution in [-0.2, 0) is 6.42 Å². The fraction of sp³-hybridized carbons (Fsp3) is 0.167. The lowest BCUT2D eigenvalue weighted by atomic mass is 10.1. The molecule has 4 nitrogen and oxygen atoms in total. The Bertz CT molecular complexity index is 834. The van der Waals surface area contributed by atoms with Gasteiger partial charge in [-0.25, -0.2) is 4.79 Å². The molecule has 4 heteroatoms. The van der Waals surface area contributed by atoms with E-state index in [9.17, 15) is 9.90 Å². The number of carboxylic acids is 1. The Labute approximate surface area is 128 Å². The van der Waals surface area contributed by atoms with Gasteiger partial charge in [-0.2, -0.15) is 0 Å². The minimum atomic E-state index is -0.932. The lowest BCUT2D eigenvalue weighted by molar-refractivity contribution is 0.0698. The molecule has 0 aliphatic rings. The van der Waals surface area contributed by atoms with Crippen LogP contribution >= 0.6 is 0 Å². The minimum Gasteiger partial charge on any atom is -0.495 e. The highest BCUT2D eigenvalue weighted by atomic mass is 16.5. The van der Waals surface area contributed by atoms with Gasteiger partial charge in [-0.05, 0) is 30.2 Å². The molecule has 2 aromatic heterocycles. The van der Waals surface area contributed by atoms with Gasteiger partial charge in [0.05, 0.1) is 12.7 Å². The number of rotatable bonds is 4. The van der Waals surface area contributed by atoms with E-state index in [1.165, 1.54) is 0 Å². The predicted octanol–water partition coefficient (Wildman–Crippen LogP) is 3.55. The topological polar surface area (TPSA) is 50.9 Å². The lowest BCUT2D eigenvalue weighted by Gasteiger charge is -2.07. The Morgan fingerprint density at radius 3 is 2.55 bits per heavy atom. The van der Waals surface area contributed by atoms with Crippen molar-refractivity contribution >= 4 is 11.5 Å². The number of ether oxygens (including phenoxy) is 1. The largest absolute Gasteiger partial charge is 0.495 e. The fourth-order valence-corrected chi connectivity index (χ4v) is 2.89. The van der Waals surface area contributed by atoms with E-state index < -0.39 is 5.97 Å². The van der Waals surface area contributed by atoms with Crippen LogP contribution in [0.15, 0.2) is 48.7 Å². The van der Waals surface area contributed by atoms with Crippen molar-refractivity contribution in [3.05, 3.63) is 71.0 Å². The summed E-state index contributed by atoms with van der Waals surface area (Å²) in [6.45, 7) is 1.86. The van der Waals surface area contributed by atoms with Crippen molar-refractivity contribution in [1.29, 1.82) is 0 Å². The number of hydrogen-bond donors (Lipinski definition) is 1. The van der Waals surface area contributed by atoms with Crippen molar-refractivity contribution in [2.24, 2.45) is 0 Å². The van der Waals surface area contributed by atoms with Crippen LogP contribution in [0.3, 0.4) is 0 Å². The molecule has 3 aromatic rings. The van der Waals surface area contributed by atoms with Gasteiger partial charge in [-0.3, -0.25) is 0 Å². The summed E-state index contributed by atoms with van der Waals surface area (Å²) < 4.78 is 7.27. The highest BCUT2D eigenvalue weighted by molar-refractivity contribution is 6.00. The molecule has 22 heavy (non-hydrogen) atoms. The van der Waals surface area contributed by atoms with Crippen molar-refractivity contribution in [3.63, 3.8) is 0 Å². The smallest absolute Gasteiger partial charge is 0.338 e. The van der Waals surface area contributed by atoms with Crippen LogP contribution in [0.2, 0.25) is 0 Å². The average Bonchev–Trinajstić information content (AvgIpc) is 2.81. The molecule has 0 spiro atoms. The predicted molar refractivity (Wildman–Crippen MR) is 84.9 cm³/mol. The third kappa shape index (κ3) is 2.22. The summed E-state index contributed by atoms with van der Waals surface area (Å²) >= 11 is 0. The molecule has 0 fully saturated rings. The van der Waals surface area contributed by atoms with Gasteiger partial charge in [0.15, 0.2) is 0 Å². The number of fused-ring (bicyclic) bond motifs is 1. The van der Waals surface area contributed by atoms with E-state index in [2.05, 4.69) is 0 Å². The molecular weight excluding hydrogens is 278 g/mol. The van der Waals surface area contributed by atoms with Crippen LogP contribution < -0.4 is 4.74 Å². The van der Waals surface area contributed by atoms with Gasteiger partial charge in [-0.1, -0.05) is 30.3 Å². The molecule has 0 unspecified atom stereocenters. The zero-order valence-corrected chi connectivity index (χ0v) is 12.5. The third-order valence-corrected chi connectivity index (χ3v) is 3.94. The molecule has 1 N–H and O–H groups in total. The monoisotopic (exact) mass is 295 g/mol. The van der Waals surface area contributed by atoms with E-state index in [0.717, 1.165) is 16.8 Å². The summed E-state index contributed by atoms with van der Waals surface area (Å²) in [5, 5.41) is 9.59. The number of aromatic carboxylic acids is 1. The molecule has 2 heterocycles. The Morgan fingerprint density at radius 2 is 1.91 bits per heavy atom. The normalized spacial score (nSPS) is 10.8. The summed E-state index contributed by atoms with van der Waals surface area (Å²) in [6.07, 6.45) is 2.56. The number of pyridine rings is 1. The molecule has 3 rings (SSSR count). The molecule has 0 saturated carbocycles. The van der Waals surface area contributed by atoms with Gasteiger partial charge < -0.3 is 14.2 Å². The van der Waals surface area contributed by atoms with Gasteiger partial charge in [0, 0.05) is 18.3 Å². The number of methoxy groups -OCH3 is 1. The number of hydrogen-bond acceptors (Lipinski definition) is 2.